The molecule has 0 bridgehead atoms. The highest BCUT2D eigenvalue weighted by Crippen LogP contribution is 2.29. The van der Waals surface area contributed by atoms with Gasteiger partial charge in [0, 0.05) is 17.2 Å². The van der Waals surface area contributed by atoms with E-state index in [1.807, 2.05) is 39.0 Å². The van der Waals surface area contributed by atoms with E-state index in [9.17, 15) is 17.6 Å². The van der Waals surface area contributed by atoms with Crippen molar-refractivity contribution in [2.24, 2.45) is 0 Å². The Morgan fingerprint density at radius 2 is 1.72 bits per heavy atom. The molecule has 2 aromatic carbocycles. The molecule has 2 N–H and O–H groups in total. The number of anilines is 1. The summed E-state index contributed by atoms with van der Waals surface area (Å²) in [4.78, 5) is 16.0. The maximum absolute atomic E-state index is 14.6. The Morgan fingerprint density at radius 3 is 2.31 bits per heavy atom. The van der Waals surface area contributed by atoms with E-state index >= 15 is 0 Å². The van der Waals surface area contributed by atoms with Crippen LogP contribution in [0.15, 0.2) is 48.5 Å². The summed E-state index contributed by atoms with van der Waals surface area (Å²) in [5.74, 6) is -0.987. The van der Waals surface area contributed by atoms with Crippen LogP contribution in [0.3, 0.4) is 0 Å². The van der Waals surface area contributed by atoms with Crippen LogP contribution in [0.25, 0.3) is 0 Å². The van der Waals surface area contributed by atoms with Crippen LogP contribution >= 0.6 is 0 Å². The van der Waals surface area contributed by atoms with Crippen molar-refractivity contribution >= 4 is 21.5 Å². The smallest absolute Gasteiger partial charge is 0.229 e. The molecule has 0 amide bonds. The molecule has 29 heavy (non-hydrogen) atoms. The standard InChI is InChI=1S/C22H23FN2O3S/c1-13-5-7-16(8-6-13)22(26)21-14(2)11-20(24-21)15(3)18-10-9-17(12-19(18)23)25-29(4,27)28/h5-12,15,24-25H,1-4H3. The molecule has 3 aromatic rings. The minimum Gasteiger partial charge on any atom is -0.355 e. The molecule has 1 unspecified atom stereocenters. The predicted octanol–water partition coefficient (Wildman–Crippen LogP) is 4.52. The van der Waals surface area contributed by atoms with Crippen LogP contribution in [0, 0.1) is 19.7 Å². The zero-order valence-electron chi connectivity index (χ0n) is 16.7. The van der Waals surface area contributed by atoms with Crippen LogP contribution in [0.5, 0.6) is 0 Å². The van der Waals surface area contributed by atoms with Gasteiger partial charge in [0.2, 0.25) is 15.8 Å². The molecule has 0 aliphatic heterocycles. The Hall–Kier alpha value is -2.93. The van der Waals surface area contributed by atoms with E-state index in [4.69, 9.17) is 0 Å². The largest absolute Gasteiger partial charge is 0.355 e. The lowest BCUT2D eigenvalue weighted by atomic mass is 9.97. The zero-order valence-corrected chi connectivity index (χ0v) is 17.5. The lowest BCUT2D eigenvalue weighted by Crippen LogP contribution is -2.10. The minimum absolute atomic E-state index is 0.117. The first kappa shape index (κ1) is 20.8. The molecule has 0 fully saturated rings. The van der Waals surface area contributed by atoms with Crippen molar-refractivity contribution in [2.45, 2.75) is 26.7 Å². The highest BCUT2D eigenvalue weighted by atomic mass is 32.2. The molecule has 0 aliphatic carbocycles. The van der Waals surface area contributed by atoms with Gasteiger partial charge in [-0.15, -0.1) is 0 Å². The number of aryl methyl sites for hydroxylation is 2. The molecular weight excluding hydrogens is 391 g/mol. The maximum Gasteiger partial charge on any atom is 0.229 e. The second-order valence-corrected chi connectivity index (χ2v) is 9.06. The number of ketones is 1. The van der Waals surface area contributed by atoms with E-state index < -0.39 is 15.8 Å². The van der Waals surface area contributed by atoms with E-state index in [1.54, 1.807) is 18.2 Å². The summed E-state index contributed by atoms with van der Waals surface area (Å²) in [5.41, 5.74) is 4.20. The lowest BCUT2D eigenvalue weighted by molar-refractivity contribution is 0.103. The van der Waals surface area contributed by atoms with Crippen LogP contribution in [0.4, 0.5) is 10.1 Å². The molecular formula is C22H23FN2O3S. The number of carbonyl (C=O) groups excluding carboxylic acids is 1. The molecule has 0 saturated heterocycles. The average molecular weight is 415 g/mol. The fourth-order valence-corrected chi connectivity index (χ4v) is 3.78. The van der Waals surface area contributed by atoms with Crippen LogP contribution < -0.4 is 4.72 Å². The molecule has 1 heterocycles. The highest BCUT2D eigenvalue weighted by Gasteiger charge is 2.20. The van der Waals surface area contributed by atoms with Crippen molar-refractivity contribution in [3.63, 3.8) is 0 Å². The van der Waals surface area contributed by atoms with Gasteiger partial charge in [-0.25, -0.2) is 12.8 Å². The van der Waals surface area contributed by atoms with Crippen molar-refractivity contribution < 1.29 is 17.6 Å². The number of aromatic nitrogens is 1. The second-order valence-electron chi connectivity index (χ2n) is 7.31. The lowest BCUT2D eigenvalue weighted by Gasteiger charge is -2.13. The Balaban J connectivity index is 1.89. The van der Waals surface area contributed by atoms with Gasteiger partial charge in [0.1, 0.15) is 5.82 Å². The van der Waals surface area contributed by atoms with Gasteiger partial charge in [0.05, 0.1) is 17.6 Å². The van der Waals surface area contributed by atoms with Crippen molar-refractivity contribution in [3.8, 4) is 0 Å². The summed E-state index contributed by atoms with van der Waals surface area (Å²) in [6, 6.07) is 13.4. The van der Waals surface area contributed by atoms with E-state index in [-0.39, 0.29) is 17.4 Å². The Kier molecular flexibility index (Phi) is 5.61. The molecule has 7 heteroatoms. The third kappa shape index (κ3) is 4.74. The van der Waals surface area contributed by atoms with Crippen LogP contribution in [-0.4, -0.2) is 25.4 Å². The van der Waals surface area contributed by atoms with Crippen molar-refractivity contribution in [2.75, 3.05) is 11.0 Å². The molecule has 5 nitrogen and oxygen atoms in total. The SMILES string of the molecule is Cc1ccc(C(=O)c2[nH]c(C(C)c3ccc(NS(C)(=O)=O)cc3F)cc2C)cc1. The summed E-state index contributed by atoms with van der Waals surface area (Å²) in [6.07, 6.45) is 1.01. The Labute approximate surface area is 170 Å². The number of benzene rings is 2. The molecule has 0 saturated carbocycles. The second kappa shape index (κ2) is 7.83. The Bertz CT molecular complexity index is 1170. The van der Waals surface area contributed by atoms with E-state index in [2.05, 4.69) is 9.71 Å². The highest BCUT2D eigenvalue weighted by molar-refractivity contribution is 7.92. The number of hydrogen-bond donors (Lipinski definition) is 2. The number of aromatic amines is 1. The monoisotopic (exact) mass is 414 g/mol. The predicted molar refractivity (Wildman–Crippen MR) is 113 cm³/mol. The van der Waals surface area contributed by atoms with E-state index in [1.165, 1.54) is 6.07 Å². The molecule has 1 atom stereocenters. The third-order valence-corrected chi connectivity index (χ3v) is 5.42. The first-order chi connectivity index (χ1) is 13.5. The number of hydrogen-bond acceptors (Lipinski definition) is 3. The van der Waals surface area contributed by atoms with Gasteiger partial charge in [0.25, 0.3) is 0 Å². The summed E-state index contributed by atoms with van der Waals surface area (Å²) in [6.45, 7) is 5.62. The fraction of sp³-hybridized carbons (Fsp3) is 0.227. The van der Waals surface area contributed by atoms with Crippen LogP contribution in [0.1, 0.15) is 51.3 Å². The molecule has 152 valence electrons. The van der Waals surface area contributed by atoms with Gasteiger partial charge in [-0.2, -0.15) is 0 Å². The summed E-state index contributed by atoms with van der Waals surface area (Å²) in [7, 11) is -3.48. The van der Waals surface area contributed by atoms with Crippen molar-refractivity contribution in [3.05, 3.63) is 88.0 Å². The summed E-state index contributed by atoms with van der Waals surface area (Å²) >= 11 is 0. The molecule has 0 spiro atoms. The minimum atomic E-state index is -3.48. The first-order valence-corrected chi connectivity index (χ1v) is 11.0. The van der Waals surface area contributed by atoms with Gasteiger partial charge in [-0.1, -0.05) is 42.8 Å². The van der Waals surface area contributed by atoms with Crippen LogP contribution in [0.2, 0.25) is 0 Å². The van der Waals surface area contributed by atoms with Gasteiger partial charge < -0.3 is 4.98 Å². The van der Waals surface area contributed by atoms with Gasteiger partial charge in [0.15, 0.2) is 0 Å². The Morgan fingerprint density at radius 1 is 1.07 bits per heavy atom. The quantitative estimate of drug-likeness (QED) is 0.582. The first-order valence-electron chi connectivity index (χ1n) is 9.13. The summed E-state index contributed by atoms with van der Waals surface area (Å²) < 4.78 is 39.5. The van der Waals surface area contributed by atoms with Gasteiger partial charge >= 0.3 is 0 Å². The zero-order chi connectivity index (χ0) is 21.3. The maximum atomic E-state index is 14.6. The van der Waals surface area contributed by atoms with Crippen molar-refractivity contribution in [1.29, 1.82) is 0 Å². The third-order valence-electron chi connectivity index (χ3n) is 4.81. The fourth-order valence-electron chi connectivity index (χ4n) is 3.23. The van der Waals surface area contributed by atoms with Crippen LogP contribution in [-0.2, 0) is 10.0 Å². The molecule has 1 aromatic heterocycles. The normalized spacial score (nSPS) is 12.6. The topological polar surface area (TPSA) is 79.0 Å². The number of sulfonamides is 1. The van der Waals surface area contributed by atoms with Gasteiger partial charge in [-0.3, -0.25) is 9.52 Å². The van der Waals surface area contributed by atoms with Crippen molar-refractivity contribution in [1.82, 2.24) is 4.98 Å². The van der Waals surface area contributed by atoms with Gasteiger partial charge in [-0.05, 0) is 43.2 Å². The molecule has 0 radical (unpaired) electrons. The number of carbonyl (C=O) groups is 1. The number of rotatable bonds is 6. The molecule has 3 rings (SSSR count). The average Bonchev–Trinajstić information content (AvgIpc) is 3.02. The number of nitrogens with one attached hydrogen (secondary N) is 2. The van der Waals surface area contributed by atoms with E-state index in [0.717, 1.165) is 23.4 Å². The number of halogens is 1. The van der Waals surface area contributed by atoms with E-state index in [0.29, 0.717) is 22.5 Å². The molecule has 0 aliphatic rings. The number of H-pyrrole nitrogens is 1. The summed E-state index contributed by atoms with van der Waals surface area (Å²) in [5, 5.41) is 0.